The lowest BCUT2D eigenvalue weighted by atomic mass is 10.2. The van der Waals surface area contributed by atoms with E-state index in [4.69, 9.17) is 22.1 Å². The number of ether oxygens (including phenoxy) is 1. The van der Waals surface area contributed by atoms with Crippen LogP contribution in [0.5, 0.6) is 5.75 Å². The number of nitrogens with two attached hydrogens (primary N) is 1. The highest BCUT2D eigenvalue weighted by Gasteiger charge is 2.04. The highest BCUT2D eigenvalue weighted by atomic mass is 35.5. The van der Waals surface area contributed by atoms with Crippen LogP contribution in [0.15, 0.2) is 36.4 Å². The van der Waals surface area contributed by atoms with Crippen LogP contribution in [0.25, 0.3) is 0 Å². The summed E-state index contributed by atoms with van der Waals surface area (Å²) in [5.74, 6) is 0.196. The SMILES string of the molecule is Cc1ccc(OCc2ccc(N)cc2Cl)cc1F. The molecule has 0 saturated heterocycles. The van der Waals surface area contributed by atoms with Crippen molar-refractivity contribution in [2.45, 2.75) is 13.5 Å². The maximum atomic E-state index is 13.3. The first-order valence-electron chi connectivity index (χ1n) is 5.49. The molecule has 0 radical (unpaired) electrons. The Hall–Kier alpha value is -1.74. The van der Waals surface area contributed by atoms with E-state index in [0.717, 1.165) is 5.56 Å². The highest BCUT2D eigenvalue weighted by molar-refractivity contribution is 6.31. The zero-order valence-electron chi connectivity index (χ0n) is 9.91. The zero-order valence-corrected chi connectivity index (χ0v) is 10.7. The molecule has 0 aliphatic rings. The minimum Gasteiger partial charge on any atom is -0.489 e. The van der Waals surface area contributed by atoms with Gasteiger partial charge in [-0.15, -0.1) is 0 Å². The molecule has 94 valence electrons. The van der Waals surface area contributed by atoms with Gasteiger partial charge in [0.25, 0.3) is 0 Å². The van der Waals surface area contributed by atoms with Crippen molar-refractivity contribution in [3.8, 4) is 5.75 Å². The van der Waals surface area contributed by atoms with Gasteiger partial charge in [0.2, 0.25) is 0 Å². The van der Waals surface area contributed by atoms with E-state index < -0.39 is 0 Å². The Morgan fingerprint density at radius 2 is 2.00 bits per heavy atom. The topological polar surface area (TPSA) is 35.2 Å². The number of benzene rings is 2. The molecule has 0 atom stereocenters. The summed E-state index contributed by atoms with van der Waals surface area (Å²) in [7, 11) is 0. The summed E-state index contributed by atoms with van der Waals surface area (Å²) < 4.78 is 18.8. The average Bonchev–Trinajstić information content (AvgIpc) is 2.32. The summed E-state index contributed by atoms with van der Waals surface area (Å²) in [6.07, 6.45) is 0. The number of aryl methyl sites for hydroxylation is 1. The summed E-state index contributed by atoms with van der Waals surface area (Å²) in [4.78, 5) is 0. The number of rotatable bonds is 3. The van der Waals surface area contributed by atoms with E-state index in [1.54, 1.807) is 37.3 Å². The molecule has 0 heterocycles. The number of halogens is 2. The van der Waals surface area contributed by atoms with Crippen molar-refractivity contribution in [1.82, 2.24) is 0 Å². The summed E-state index contributed by atoms with van der Waals surface area (Å²) in [5, 5.41) is 0.544. The fourth-order valence-electron chi connectivity index (χ4n) is 1.51. The Labute approximate surface area is 110 Å². The molecule has 0 fully saturated rings. The molecule has 0 saturated carbocycles. The lowest BCUT2D eigenvalue weighted by Crippen LogP contribution is -1.98. The number of hydrogen-bond donors (Lipinski definition) is 1. The molecule has 0 spiro atoms. The molecule has 2 rings (SSSR count). The number of anilines is 1. The second-order valence-corrected chi connectivity index (χ2v) is 4.46. The quantitative estimate of drug-likeness (QED) is 0.853. The molecule has 0 aromatic heterocycles. The van der Waals surface area contributed by atoms with Crippen LogP contribution in [0.1, 0.15) is 11.1 Å². The van der Waals surface area contributed by atoms with Crippen LogP contribution < -0.4 is 10.5 Å². The second kappa shape index (κ2) is 5.27. The first-order valence-corrected chi connectivity index (χ1v) is 5.87. The fourth-order valence-corrected chi connectivity index (χ4v) is 1.75. The van der Waals surface area contributed by atoms with E-state index >= 15 is 0 Å². The van der Waals surface area contributed by atoms with Crippen molar-refractivity contribution >= 4 is 17.3 Å². The average molecular weight is 266 g/mol. The highest BCUT2D eigenvalue weighted by Crippen LogP contribution is 2.22. The third-order valence-corrected chi connectivity index (χ3v) is 2.97. The minimum atomic E-state index is -0.282. The molecule has 0 aliphatic heterocycles. The van der Waals surface area contributed by atoms with Crippen molar-refractivity contribution in [3.63, 3.8) is 0 Å². The lowest BCUT2D eigenvalue weighted by Gasteiger charge is -2.09. The summed E-state index contributed by atoms with van der Waals surface area (Å²) in [6.45, 7) is 1.98. The maximum Gasteiger partial charge on any atom is 0.129 e. The smallest absolute Gasteiger partial charge is 0.129 e. The largest absolute Gasteiger partial charge is 0.489 e. The molecule has 18 heavy (non-hydrogen) atoms. The van der Waals surface area contributed by atoms with Crippen LogP contribution in [-0.2, 0) is 6.61 Å². The van der Waals surface area contributed by atoms with Crippen molar-refractivity contribution in [3.05, 3.63) is 58.4 Å². The maximum absolute atomic E-state index is 13.3. The van der Waals surface area contributed by atoms with Crippen molar-refractivity contribution < 1.29 is 9.13 Å². The molecular weight excluding hydrogens is 253 g/mol. The first kappa shape index (κ1) is 12.7. The molecule has 2 aromatic rings. The van der Waals surface area contributed by atoms with E-state index in [1.165, 1.54) is 6.07 Å². The number of nitrogen functional groups attached to an aromatic ring is 1. The summed E-state index contributed by atoms with van der Waals surface area (Å²) in [6, 6.07) is 9.97. The second-order valence-electron chi connectivity index (χ2n) is 4.05. The van der Waals surface area contributed by atoms with Crippen LogP contribution in [-0.4, -0.2) is 0 Å². The van der Waals surface area contributed by atoms with Gasteiger partial charge in [-0.25, -0.2) is 4.39 Å². The Bertz CT molecular complexity index is 572. The van der Waals surface area contributed by atoms with Crippen LogP contribution in [0.2, 0.25) is 5.02 Å². The van der Waals surface area contributed by atoms with Gasteiger partial charge < -0.3 is 10.5 Å². The molecule has 0 unspecified atom stereocenters. The Kier molecular flexibility index (Phi) is 3.72. The van der Waals surface area contributed by atoms with Gasteiger partial charge in [-0.1, -0.05) is 23.7 Å². The first-order chi connectivity index (χ1) is 8.56. The zero-order chi connectivity index (χ0) is 13.1. The normalized spacial score (nSPS) is 10.4. The van der Waals surface area contributed by atoms with E-state index in [1.807, 2.05) is 0 Å². The van der Waals surface area contributed by atoms with Gasteiger partial charge in [0, 0.05) is 22.3 Å². The van der Waals surface area contributed by atoms with Gasteiger partial charge in [0.1, 0.15) is 18.2 Å². The van der Waals surface area contributed by atoms with Crippen LogP contribution in [0, 0.1) is 12.7 Å². The Balaban J connectivity index is 2.09. The van der Waals surface area contributed by atoms with Gasteiger partial charge in [0.15, 0.2) is 0 Å². The van der Waals surface area contributed by atoms with Gasteiger partial charge in [-0.3, -0.25) is 0 Å². The van der Waals surface area contributed by atoms with Gasteiger partial charge >= 0.3 is 0 Å². The lowest BCUT2D eigenvalue weighted by molar-refractivity contribution is 0.304. The third kappa shape index (κ3) is 2.93. The summed E-state index contributed by atoms with van der Waals surface area (Å²) in [5.41, 5.74) is 7.60. The van der Waals surface area contributed by atoms with Gasteiger partial charge in [-0.05, 0) is 30.7 Å². The predicted octanol–water partition coefficient (Wildman–Crippen LogP) is 3.95. The Morgan fingerprint density at radius 3 is 2.67 bits per heavy atom. The molecular formula is C14H13ClFNO. The Morgan fingerprint density at radius 1 is 1.22 bits per heavy atom. The standard InChI is InChI=1S/C14H13ClFNO/c1-9-2-5-12(7-14(9)16)18-8-10-3-4-11(17)6-13(10)15/h2-7H,8,17H2,1H3. The van der Waals surface area contributed by atoms with E-state index in [0.29, 0.717) is 22.0 Å². The molecule has 4 heteroatoms. The third-order valence-electron chi connectivity index (χ3n) is 2.61. The van der Waals surface area contributed by atoms with Crippen LogP contribution in [0.4, 0.5) is 10.1 Å². The molecule has 0 amide bonds. The molecule has 2 aromatic carbocycles. The monoisotopic (exact) mass is 265 g/mol. The fraction of sp³-hybridized carbons (Fsp3) is 0.143. The van der Waals surface area contributed by atoms with Gasteiger partial charge in [-0.2, -0.15) is 0 Å². The van der Waals surface area contributed by atoms with E-state index in [-0.39, 0.29) is 12.4 Å². The molecule has 0 bridgehead atoms. The predicted molar refractivity (Wildman–Crippen MR) is 71.3 cm³/mol. The molecule has 0 aliphatic carbocycles. The van der Waals surface area contributed by atoms with Gasteiger partial charge in [0.05, 0.1) is 0 Å². The van der Waals surface area contributed by atoms with E-state index in [2.05, 4.69) is 0 Å². The van der Waals surface area contributed by atoms with Crippen LogP contribution >= 0.6 is 11.6 Å². The molecule has 2 nitrogen and oxygen atoms in total. The minimum absolute atomic E-state index is 0.279. The van der Waals surface area contributed by atoms with Crippen molar-refractivity contribution in [2.24, 2.45) is 0 Å². The summed E-state index contributed by atoms with van der Waals surface area (Å²) >= 11 is 6.02. The van der Waals surface area contributed by atoms with Crippen LogP contribution in [0.3, 0.4) is 0 Å². The van der Waals surface area contributed by atoms with Crippen molar-refractivity contribution in [2.75, 3.05) is 5.73 Å². The van der Waals surface area contributed by atoms with E-state index in [9.17, 15) is 4.39 Å². The number of hydrogen-bond acceptors (Lipinski definition) is 2. The van der Waals surface area contributed by atoms with Crippen molar-refractivity contribution in [1.29, 1.82) is 0 Å². The molecule has 2 N–H and O–H groups in total.